The third kappa shape index (κ3) is 2.04. The van der Waals surface area contributed by atoms with E-state index in [0.29, 0.717) is 0 Å². The van der Waals surface area contributed by atoms with Gasteiger partial charge in [0.05, 0.1) is 15.0 Å². The number of hydrogen-bond donors (Lipinski definition) is 0. The molecule has 0 bridgehead atoms. The molecule has 1 aromatic carbocycles. The van der Waals surface area contributed by atoms with Gasteiger partial charge in [0.15, 0.2) is 5.78 Å². The number of ketones is 1. The first-order valence-corrected chi connectivity index (χ1v) is 5.20. The van der Waals surface area contributed by atoms with E-state index in [-0.39, 0.29) is 26.4 Å². The van der Waals surface area contributed by atoms with Crippen LogP contribution in [0.3, 0.4) is 0 Å². The van der Waals surface area contributed by atoms with Crippen molar-refractivity contribution in [3.05, 3.63) is 32.6 Å². The van der Waals surface area contributed by atoms with Crippen molar-refractivity contribution in [2.24, 2.45) is 0 Å². The molecule has 0 N–H and O–H groups in total. The summed E-state index contributed by atoms with van der Waals surface area (Å²) in [5.74, 6) is -1.09. The topological polar surface area (TPSA) is 40.9 Å². The van der Waals surface area contributed by atoms with Gasteiger partial charge >= 0.3 is 0 Å². The Morgan fingerprint density at radius 1 is 1.64 bits per heavy atom. The van der Waals surface area contributed by atoms with Gasteiger partial charge in [-0.15, -0.1) is 11.6 Å². The summed E-state index contributed by atoms with van der Waals surface area (Å²) in [6, 6.07) is 4.23. The number of halogens is 3. The lowest BCUT2D eigenvalue weighted by Crippen LogP contribution is -2.05. The molecule has 0 aromatic heterocycles. The molecule has 0 atom stereocenters. The Morgan fingerprint density at radius 2 is 2.29 bits per heavy atom. The van der Waals surface area contributed by atoms with E-state index in [2.05, 4.69) is 0 Å². The number of nitriles is 1. The van der Waals surface area contributed by atoms with Crippen molar-refractivity contribution >= 4 is 40.0 Å². The van der Waals surface area contributed by atoms with Crippen molar-refractivity contribution in [1.29, 1.82) is 5.26 Å². The number of rotatable bonds is 2. The second-order valence-corrected chi connectivity index (χ2v) is 3.80. The fourth-order valence-electron chi connectivity index (χ4n) is 0.964. The Balaban J connectivity index is 3.40. The normalized spacial score (nSPS) is 9.57. The molecule has 0 saturated carbocycles. The molecule has 0 aliphatic carbocycles. The molecule has 1 rings (SSSR count). The summed E-state index contributed by atoms with van der Waals surface area (Å²) in [6.45, 7) is 0. The first-order chi connectivity index (χ1) is 6.61. The van der Waals surface area contributed by atoms with Crippen LogP contribution in [0.15, 0.2) is 12.1 Å². The quantitative estimate of drug-likeness (QED) is 0.477. The molecule has 72 valence electrons. The standard InChI is InChI=1S/C9H4ClFINO/c10-3-8(14)5-1-2-7(11)9(12)6(5)4-13/h1-2H,3H2. The number of hydrogen-bond acceptors (Lipinski definition) is 2. The predicted octanol–water partition coefficient (Wildman–Crippen LogP) is 2.72. The van der Waals surface area contributed by atoms with E-state index in [0.717, 1.165) is 6.07 Å². The van der Waals surface area contributed by atoms with Crippen molar-refractivity contribution in [2.75, 3.05) is 5.88 Å². The van der Waals surface area contributed by atoms with Crippen LogP contribution < -0.4 is 0 Å². The summed E-state index contributed by atoms with van der Waals surface area (Å²) in [5.41, 5.74) is 0.226. The molecule has 2 nitrogen and oxygen atoms in total. The first kappa shape index (κ1) is 11.4. The molecule has 0 saturated heterocycles. The lowest BCUT2D eigenvalue weighted by atomic mass is 10.1. The lowest BCUT2D eigenvalue weighted by molar-refractivity contribution is 0.102. The zero-order chi connectivity index (χ0) is 10.7. The number of carbonyl (C=O) groups excluding carboxylic acids is 1. The number of carbonyl (C=O) groups is 1. The molecule has 5 heteroatoms. The molecule has 14 heavy (non-hydrogen) atoms. The maximum absolute atomic E-state index is 13.0. The molecule has 0 aliphatic rings. The van der Waals surface area contributed by atoms with E-state index in [1.165, 1.54) is 6.07 Å². The molecule has 0 aliphatic heterocycles. The summed E-state index contributed by atoms with van der Waals surface area (Å²) < 4.78 is 13.2. The highest BCUT2D eigenvalue weighted by molar-refractivity contribution is 14.1. The highest BCUT2D eigenvalue weighted by Gasteiger charge is 2.15. The van der Waals surface area contributed by atoms with Gasteiger partial charge < -0.3 is 0 Å². The van der Waals surface area contributed by atoms with Crippen LogP contribution in [0.25, 0.3) is 0 Å². The van der Waals surface area contributed by atoms with Crippen LogP contribution in [0.5, 0.6) is 0 Å². The molecule has 0 unspecified atom stereocenters. The minimum Gasteiger partial charge on any atom is -0.293 e. The fourth-order valence-corrected chi connectivity index (χ4v) is 1.70. The molecule has 0 amide bonds. The molecule has 0 spiro atoms. The Bertz CT molecular complexity index is 428. The number of benzene rings is 1. The van der Waals surface area contributed by atoms with Crippen LogP contribution >= 0.6 is 34.2 Å². The van der Waals surface area contributed by atoms with Gasteiger partial charge in [0.2, 0.25) is 0 Å². The predicted molar refractivity (Wildman–Crippen MR) is 58.9 cm³/mol. The van der Waals surface area contributed by atoms with E-state index in [1.54, 1.807) is 28.7 Å². The van der Waals surface area contributed by atoms with Crippen molar-refractivity contribution in [1.82, 2.24) is 0 Å². The Kier molecular flexibility index (Phi) is 3.84. The fraction of sp³-hybridized carbons (Fsp3) is 0.111. The highest BCUT2D eigenvalue weighted by Crippen LogP contribution is 2.20. The monoisotopic (exact) mass is 323 g/mol. The molecule has 0 fully saturated rings. The Morgan fingerprint density at radius 3 is 2.79 bits per heavy atom. The maximum Gasteiger partial charge on any atom is 0.178 e. The van der Waals surface area contributed by atoms with Crippen molar-refractivity contribution in [3.8, 4) is 6.07 Å². The van der Waals surface area contributed by atoms with Crippen LogP contribution in [0, 0.1) is 20.7 Å². The van der Waals surface area contributed by atoms with Gasteiger partial charge in [-0.3, -0.25) is 4.79 Å². The van der Waals surface area contributed by atoms with E-state index in [1.807, 2.05) is 0 Å². The van der Waals surface area contributed by atoms with Gasteiger partial charge in [-0.2, -0.15) is 5.26 Å². The molecular formula is C9H4ClFINO. The van der Waals surface area contributed by atoms with Crippen LogP contribution in [0.1, 0.15) is 15.9 Å². The SMILES string of the molecule is N#Cc1c(C(=O)CCl)ccc(F)c1I. The largest absolute Gasteiger partial charge is 0.293 e. The number of Topliss-reactive ketones (excluding diaryl/α,β-unsaturated/α-hetero) is 1. The maximum atomic E-state index is 13.0. The summed E-state index contributed by atoms with van der Waals surface area (Å²) in [5, 5.41) is 8.75. The van der Waals surface area contributed by atoms with Crippen molar-refractivity contribution < 1.29 is 9.18 Å². The van der Waals surface area contributed by atoms with E-state index >= 15 is 0 Å². The molecule has 0 heterocycles. The third-order valence-corrected chi connectivity index (χ3v) is 2.93. The van der Waals surface area contributed by atoms with Gasteiger partial charge in [-0.1, -0.05) is 0 Å². The van der Waals surface area contributed by atoms with Crippen LogP contribution in [-0.4, -0.2) is 11.7 Å². The summed E-state index contributed by atoms with van der Waals surface area (Å²) >= 11 is 7.04. The van der Waals surface area contributed by atoms with E-state index < -0.39 is 5.82 Å². The average molecular weight is 323 g/mol. The zero-order valence-corrected chi connectivity index (χ0v) is 9.76. The van der Waals surface area contributed by atoms with Gasteiger partial charge in [0.1, 0.15) is 11.9 Å². The highest BCUT2D eigenvalue weighted by atomic mass is 127. The van der Waals surface area contributed by atoms with Crippen LogP contribution in [-0.2, 0) is 0 Å². The molecule has 1 aromatic rings. The van der Waals surface area contributed by atoms with E-state index in [4.69, 9.17) is 16.9 Å². The van der Waals surface area contributed by atoms with Gasteiger partial charge in [-0.25, -0.2) is 4.39 Å². The van der Waals surface area contributed by atoms with Crippen LogP contribution in [0.2, 0.25) is 0 Å². The smallest absolute Gasteiger partial charge is 0.178 e. The van der Waals surface area contributed by atoms with Crippen molar-refractivity contribution in [3.63, 3.8) is 0 Å². The Labute approximate surface area is 98.8 Å². The second-order valence-electron chi connectivity index (χ2n) is 2.45. The van der Waals surface area contributed by atoms with E-state index in [9.17, 15) is 9.18 Å². The summed E-state index contributed by atoms with van der Waals surface area (Å²) in [7, 11) is 0. The van der Waals surface area contributed by atoms with Crippen molar-refractivity contribution in [2.45, 2.75) is 0 Å². The molecule has 0 radical (unpaired) electrons. The summed E-state index contributed by atoms with van der Waals surface area (Å²) in [6.07, 6.45) is 0. The number of nitrogens with zero attached hydrogens (tertiary/aromatic N) is 1. The Hall–Kier alpha value is -0.670. The lowest BCUT2D eigenvalue weighted by Gasteiger charge is -2.03. The number of alkyl halides is 1. The summed E-state index contributed by atoms with van der Waals surface area (Å²) in [4.78, 5) is 11.2. The average Bonchev–Trinajstić information content (AvgIpc) is 2.20. The van der Waals surface area contributed by atoms with Gasteiger partial charge in [-0.05, 0) is 34.7 Å². The minimum atomic E-state index is -0.506. The minimum absolute atomic E-state index is 0.0521. The van der Waals surface area contributed by atoms with Gasteiger partial charge in [0.25, 0.3) is 0 Å². The first-order valence-electron chi connectivity index (χ1n) is 3.59. The zero-order valence-electron chi connectivity index (χ0n) is 6.85. The second kappa shape index (κ2) is 4.71. The third-order valence-electron chi connectivity index (χ3n) is 1.63. The van der Waals surface area contributed by atoms with Crippen LogP contribution in [0.4, 0.5) is 4.39 Å². The van der Waals surface area contributed by atoms with Gasteiger partial charge in [0, 0.05) is 5.56 Å². The molecular weight excluding hydrogens is 319 g/mol.